The van der Waals surface area contributed by atoms with Gasteiger partial charge in [-0.3, -0.25) is 0 Å². The van der Waals surface area contributed by atoms with Crippen LogP contribution in [0.4, 0.5) is 0 Å². The Morgan fingerprint density at radius 2 is 1.17 bits per heavy atom. The summed E-state index contributed by atoms with van der Waals surface area (Å²) >= 11 is 0. The maximum Gasteiger partial charge on any atom is 0.0195 e. The SMILES string of the molecule is N[C@@H]1C[C@H]2CCCC[C@@H]2C[C@@H]1N. The van der Waals surface area contributed by atoms with E-state index in [0.717, 1.165) is 11.8 Å². The van der Waals surface area contributed by atoms with E-state index in [4.69, 9.17) is 11.5 Å². The Hall–Kier alpha value is -0.0800. The third-order valence-electron chi connectivity index (χ3n) is 3.77. The fourth-order valence-electron chi connectivity index (χ4n) is 2.95. The molecule has 0 amide bonds. The van der Waals surface area contributed by atoms with Crippen LogP contribution in [-0.2, 0) is 0 Å². The average Bonchev–Trinajstić information content (AvgIpc) is 2.07. The smallest absolute Gasteiger partial charge is 0.0195 e. The lowest BCUT2D eigenvalue weighted by Gasteiger charge is -2.41. The predicted molar refractivity (Wildman–Crippen MR) is 50.6 cm³/mol. The summed E-state index contributed by atoms with van der Waals surface area (Å²) in [5, 5.41) is 0. The number of fused-ring (bicyclic) bond motifs is 1. The van der Waals surface area contributed by atoms with E-state index in [0.29, 0.717) is 0 Å². The minimum atomic E-state index is 0.282. The molecule has 4 N–H and O–H groups in total. The number of nitrogens with two attached hydrogens (primary N) is 2. The number of rotatable bonds is 0. The minimum absolute atomic E-state index is 0.282. The third-order valence-corrected chi connectivity index (χ3v) is 3.77. The summed E-state index contributed by atoms with van der Waals surface area (Å²) in [6, 6.07) is 0.564. The highest BCUT2D eigenvalue weighted by atomic mass is 14.8. The highest BCUT2D eigenvalue weighted by molar-refractivity contribution is 4.91. The van der Waals surface area contributed by atoms with Gasteiger partial charge in [0.2, 0.25) is 0 Å². The van der Waals surface area contributed by atoms with Crippen molar-refractivity contribution in [1.82, 2.24) is 0 Å². The lowest BCUT2D eigenvalue weighted by molar-refractivity contribution is 0.141. The van der Waals surface area contributed by atoms with Gasteiger partial charge in [0.25, 0.3) is 0 Å². The Morgan fingerprint density at radius 3 is 1.58 bits per heavy atom. The Bertz CT molecular complexity index is 140. The molecule has 0 aromatic carbocycles. The van der Waals surface area contributed by atoms with Crippen LogP contribution >= 0.6 is 0 Å². The molecule has 2 aliphatic rings. The fourth-order valence-corrected chi connectivity index (χ4v) is 2.95. The van der Waals surface area contributed by atoms with Gasteiger partial charge >= 0.3 is 0 Å². The van der Waals surface area contributed by atoms with Crippen molar-refractivity contribution in [3.8, 4) is 0 Å². The lowest BCUT2D eigenvalue weighted by atomic mass is 9.68. The van der Waals surface area contributed by atoms with Crippen molar-refractivity contribution in [2.24, 2.45) is 23.3 Å². The Morgan fingerprint density at radius 1 is 0.750 bits per heavy atom. The largest absolute Gasteiger partial charge is 0.326 e. The van der Waals surface area contributed by atoms with Crippen LogP contribution < -0.4 is 11.5 Å². The van der Waals surface area contributed by atoms with Crippen LogP contribution in [0.2, 0.25) is 0 Å². The van der Waals surface area contributed by atoms with Gasteiger partial charge in [0, 0.05) is 12.1 Å². The zero-order chi connectivity index (χ0) is 8.55. The highest BCUT2D eigenvalue weighted by Crippen LogP contribution is 2.39. The van der Waals surface area contributed by atoms with Crippen LogP contribution in [0.1, 0.15) is 38.5 Å². The monoisotopic (exact) mass is 168 g/mol. The molecule has 12 heavy (non-hydrogen) atoms. The van der Waals surface area contributed by atoms with Gasteiger partial charge in [0.15, 0.2) is 0 Å². The maximum absolute atomic E-state index is 5.96. The molecule has 2 heteroatoms. The van der Waals surface area contributed by atoms with Crippen molar-refractivity contribution in [3.05, 3.63) is 0 Å². The summed E-state index contributed by atoms with van der Waals surface area (Å²) in [6.45, 7) is 0. The van der Waals surface area contributed by atoms with Crippen molar-refractivity contribution >= 4 is 0 Å². The normalized spacial score (nSPS) is 48.5. The van der Waals surface area contributed by atoms with Crippen LogP contribution in [0.15, 0.2) is 0 Å². The summed E-state index contributed by atoms with van der Waals surface area (Å²) in [6.07, 6.45) is 8.03. The highest BCUT2D eigenvalue weighted by Gasteiger charge is 2.34. The maximum atomic E-state index is 5.96. The second-order valence-corrected chi connectivity index (χ2v) is 4.60. The van der Waals surface area contributed by atoms with Gasteiger partial charge < -0.3 is 11.5 Å². The quantitative estimate of drug-likeness (QED) is 0.572. The van der Waals surface area contributed by atoms with E-state index in [2.05, 4.69) is 0 Å². The first-order valence-corrected chi connectivity index (χ1v) is 5.28. The summed E-state index contributed by atoms with van der Waals surface area (Å²) < 4.78 is 0. The van der Waals surface area contributed by atoms with E-state index in [-0.39, 0.29) is 12.1 Å². The van der Waals surface area contributed by atoms with Crippen molar-refractivity contribution in [2.75, 3.05) is 0 Å². The predicted octanol–water partition coefficient (Wildman–Crippen LogP) is 1.24. The molecule has 0 spiro atoms. The molecule has 0 saturated heterocycles. The molecule has 0 aliphatic heterocycles. The van der Waals surface area contributed by atoms with Crippen LogP contribution in [0.25, 0.3) is 0 Å². The third kappa shape index (κ3) is 1.50. The van der Waals surface area contributed by atoms with Gasteiger partial charge in [-0.2, -0.15) is 0 Å². The van der Waals surface area contributed by atoms with Gasteiger partial charge in [-0.1, -0.05) is 25.7 Å². The first-order valence-electron chi connectivity index (χ1n) is 5.28. The minimum Gasteiger partial charge on any atom is -0.326 e. The summed E-state index contributed by atoms with van der Waals surface area (Å²) in [4.78, 5) is 0. The van der Waals surface area contributed by atoms with E-state index in [9.17, 15) is 0 Å². The second kappa shape index (κ2) is 3.35. The van der Waals surface area contributed by atoms with Gasteiger partial charge in [0.1, 0.15) is 0 Å². The van der Waals surface area contributed by atoms with Gasteiger partial charge in [0.05, 0.1) is 0 Å². The van der Waals surface area contributed by atoms with Crippen molar-refractivity contribution < 1.29 is 0 Å². The van der Waals surface area contributed by atoms with E-state index < -0.39 is 0 Å². The molecule has 70 valence electrons. The number of hydrogen-bond acceptors (Lipinski definition) is 2. The molecule has 2 saturated carbocycles. The second-order valence-electron chi connectivity index (χ2n) is 4.60. The molecule has 2 fully saturated rings. The standard InChI is InChI=1S/C10H20N2/c11-9-5-7-3-1-2-4-8(7)6-10(9)12/h7-10H,1-6,11-12H2/t7-,8-,9-,10+/m1/s1. The van der Waals surface area contributed by atoms with Crippen molar-refractivity contribution in [1.29, 1.82) is 0 Å². The molecule has 2 nitrogen and oxygen atoms in total. The zero-order valence-corrected chi connectivity index (χ0v) is 7.71. The van der Waals surface area contributed by atoms with E-state index in [1.165, 1.54) is 38.5 Å². The molecule has 2 aliphatic carbocycles. The topological polar surface area (TPSA) is 52.0 Å². The lowest BCUT2D eigenvalue weighted by Crippen LogP contribution is -2.49. The molecule has 0 bridgehead atoms. The van der Waals surface area contributed by atoms with Gasteiger partial charge in [-0.05, 0) is 24.7 Å². The van der Waals surface area contributed by atoms with Crippen LogP contribution in [-0.4, -0.2) is 12.1 Å². The Balaban J connectivity index is 1.98. The summed E-state index contributed by atoms with van der Waals surface area (Å²) in [7, 11) is 0. The Labute approximate surface area is 74.7 Å². The Kier molecular flexibility index (Phi) is 2.37. The molecular formula is C10H20N2. The first kappa shape index (κ1) is 8.52. The molecule has 0 aromatic rings. The van der Waals surface area contributed by atoms with Crippen molar-refractivity contribution in [3.63, 3.8) is 0 Å². The molecular weight excluding hydrogens is 148 g/mol. The van der Waals surface area contributed by atoms with Crippen LogP contribution in [0.5, 0.6) is 0 Å². The van der Waals surface area contributed by atoms with Gasteiger partial charge in [-0.15, -0.1) is 0 Å². The summed E-state index contributed by atoms with van der Waals surface area (Å²) in [5.41, 5.74) is 11.9. The van der Waals surface area contributed by atoms with Crippen molar-refractivity contribution in [2.45, 2.75) is 50.6 Å². The molecule has 0 aromatic heterocycles. The zero-order valence-electron chi connectivity index (χ0n) is 7.71. The molecule has 2 rings (SSSR count). The number of hydrogen-bond donors (Lipinski definition) is 2. The molecule has 0 unspecified atom stereocenters. The molecule has 0 heterocycles. The average molecular weight is 168 g/mol. The van der Waals surface area contributed by atoms with E-state index in [1.807, 2.05) is 0 Å². The fraction of sp³-hybridized carbons (Fsp3) is 1.00. The summed E-state index contributed by atoms with van der Waals surface area (Å²) in [5.74, 6) is 1.82. The molecule has 4 atom stereocenters. The van der Waals surface area contributed by atoms with E-state index in [1.54, 1.807) is 0 Å². The van der Waals surface area contributed by atoms with Crippen LogP contribution in [0, 0.1) is 11.8 Å². The molecule has 0 radical (unpaired) electrons. The first-order chi connectivity index (χ1) is 5.77. The van der Waals surface area contributed by atoms with E-state index >= 15 is 0 Å². The van der Waals surface area contributed by atoms with Gasteiger partial charge in [-0.25, -0.2) is 0 Å². The van der Waals surface area contributed by atoms with Crippen LogP contribution in [0.3, 0.4) is 0 Å².